The van der Waals surface area contributed by atoms with Crippen molar-refractivity contribution >= 4 is 27.5 Å². The van der Waals surface area contributed by atoms with E-state index in [1.54, 1.807) is 6.07 Å². The van der Waals surface area contributed by atoms with Crippen molar-refractivity contribution in [2.75, 3.05) is 0 Å². The molecule has 104 valence electrons. The SMILES string of the molecule is OC(CC1CC2CCC1C2)c1cc(Cl)c(Br)cc1F. The van der Waals surface area contributed by atoms with Gasteiger partial charge in [-0.15, -0.1) is 0 Å². The highest BCUT2D eigenvalue weighted by Gasteiger charge is 2.40. The highest BCUT2D eigenvalue weighted by Crippen LogP contribution is 2.51. The van der Waals surface area contributed by atoms with E-state index >= 15 is 0 Å². The van der Waals surface area contributed by atoms with Crippen LogP contribution < -0.4 is 0 Å². The van der Waals surface area contributed by atoms with Crippen LogP contribution in [-0.2, 0) is 0 Å². The average Bonchev–Trinajstić information content (AvgIpc) is 2.95. The van der Waals surface area contributed by atoms with E-state index in [-0.39, 0.29) is 5.82 Å². The van der Waals surface area contributed by atoms with Crippen molar-refractivity contribution in [3.63, 3.8) is 0 Å². The van der Waals surface area contributed by atoms with Crippen molar-refractivity contribution in [3.05, 3.63) is 33.0 Å². The standard InChI is InChI=1S/C15H17BrClFO/c16-12-7-14(18)11(6-13(12)17)15(19)5-10-4-8-1-2-9(10)3-8/h6-10,15,19H,1-5H2. The van der Waals surface area contributed by atoms with Crippen LogP contribution in [-0.4, -0.2) is 5.11 Å². The molecule has 1 nitrogen and oxygen atoms in total. The predicted molar refractivity (Wildman–Crippen MR) is 77.6 cm³/mol. The maximum absolute atomic E-state index is 13.9. The predicted octanol–water partition coefficient (Wildman–Crippen LogP) is 5.10. The second-order valence-corrected chi connectivity index (χ2v) is 7.24. The maximum Gasteiger partial charge on any atom is 0.130 e. The minimum absolute atomic E-state index is 0.330. The molecule has 0 aromatic heterocycles. The van der Waals surface area contributed by atoms with Crippen LogP contribution in [0, 0.1) is 23.6 Å². The third-order valence-corrected chi connectivity index (χ3v) is 6.01. The summed E-state index contributed by atoms with van der Waals surface area (Å²) in [5.41, 5.74) is 0.330. The summed E-state index contributed by atoms with van der Waals surface area (Å²) in [5.74, 6) is 1.76. The van der Waals surface area contributed by atoms with E-state index in [1.165, 1.54) is 31.7 Å². The fourth-order valence-electron chi connectivity index (χ4n) is 3.87. The summed E-state index contributed by atoms with van der Waals surface area (Å²) in [5, 5.41) is 10.7. The number of rotatable bonds is 3. The van der Waals surface area contributed by atoms with E-state index in [0.29, 0.717) is 27.4 Å². The molecule has 1 N–H and O–H groups in total. The summed E-state index contributed by atoms with van der Waals surface area (Å²) in [6, 6.07) is 2.88. The van der Waals surface area contributed by atoms with Crippen LogP contribution in [0.1, 0.15) is 43.8 Å². The van der Waals surface area contributed by atoms with Crippen LogP contribution in [0.3, 0.4) is 0 Å². The van der Waals surface area contributed by atoms with E-state index in [4.69, 9.17) is 11.6 Å². The van der Waals surface area contributed by atoms with Crippen molar-refractivity contribution in [2.24, 2.45) is 17.8 Å². The molecule has 1 aromatic carbocycles. The fourth-order valence-corrected chi connectivity index (χ4v) is 4.36. The second kappa shape index (κ2) is 5.34. The Labute approximate surface area is 126 Å². The number of hydrogen-bond acceptors (Lipinski definition) is 1. The summed E-state index contributed by atoms with van der Waals surface area (Å²) < 4.78 is 14.4. The first-order valence-electron chi connectivity index (χ1n) is 6.87. The van der Waals surface area contributed by atoms with Gasteiger partial charge in [-0.3, -0.25) is 0 Å². The van der Waals surface area contributed by atoms with Crippen molar-refractivity contribution in [1.82, 2.24) is 0 Å². The van der Waals surface area contributed by atoms with Crippen LogP contribution >= 0.6 is 27.5 Å². The Kier molecular flexibility index (Phi) is 3.89. The molecule has 0 aliphatic heterocycles. The molecule has 4 atom stereocenters. The number of benzene rings is 1. The van der Waals surface area contributed by atoms with Gasteiger partial charge in [-0.2, -0.15) is 0 Å². The van der Waals surface area contributed by atoms with Crippen LogP contribution in [0.4, 0.5) is 4.39 Å². The van der Waals surface area contributed by atoms with Gasteiger partial charge in [0.15, 0.2) is 0 Å². The lowest BCUT2D eigenvalue weighted by atomic mass is 9.83. The van der Waals surface area contributed by atoms with E-state index in [1.807, 2.05) is 0 Å². The summed E-state index contributed by atoms with van der Waals surface area (Å²) in [6.45, 7) is 0. The summed E-state index contributed by atoms with van der Waals surface area (Å²) in [7, 11) is 0. The third kappa shape index (κ3) is 2.70. The zero-order valence-electron chi connectivity index (χ0n) is 10.6. The summed E-state index contributed by atoms with van der Waals surface area (Å²) in [6.07, 6.45) is 5.06. The highest BCUT2D eigenvalue weighted by atomic mass is 79.9. The molecule has 2 aliphatic carbocycles. The van der Waals surface area contributed by atoms with Crippen molar-refractivity contribution in [1.29, 1.82) is 0 Å². The summed E-state index contributed by atoms with van der Waals surface area (Å²) >= 11 is 9.18. The van der Waals surface area contributed by atoms with Gasteiger partial charge in [0.25, 0.3) is 0 Å². The molecule has 0 radical (unpaired) electrons. The Balaban J connectivity index is 1.73. The Morgan fingerprint density at radius 2 is 2.16 bits per heavy atom. The minimum atomic E-state index is -0.741. The Hall–Kier alpha value is -0.120. The van der Waals surface area contributed by atoms with Crippen LogP contribution in [0.5, 0.6) is 0 Å². The number of halogens is 3. The monoisotopic (exact) mass is 346 g/mol. The quantitative estimate of drug-likeness (QED) is 0.754. The van der Waals surface area contributed by atoms with Gasteiger partial charge in [0.2, 0.25) is 0 Å². The molecule has 0 spiro atoms. The molecule has 2 saturated carbocycles. The highest BCUT2D eigenvalue weighted by molar-refractivity contribution is 9.10. The van der Waals surface area contributed by atoms with E-state index in [0.717, 1.165) is 11.8 Å². The molecule has 0 heterocycles. The molecule has 4 unspecified atom stereocenters. The molecule has 4 heteroatoms. The van der Waals surface area contributed by atoms with Gasteiger partial charge in [-0.05, 0) is 71.5 Å². The molecule has 19 heavy (non-hydrogen) atoms. The molecular formula is C15H17BrClFO. The van der Waals surface area contributed by atoms with E-state index in [9.17, 15) is 9.50 Å². The van der Waals surface area contributed by atoms with Gasteiger partial charge in [0.1, 0.15) is 5.82 Å². The number of aliphatic hydroxyl groups excluding tert-OH is 1. The lowest BCUT2D eigenvalue weighted by molar-refractivity contribution is 0.122. The van der Waals surface area contributed by atoms with Gasteiger partial charge >= 0.3 is 0 Å². The minimum Gasteiger partial charge on any atom is -0.388 e. The first-order valence-corrected chi connectivity index (χ1v) is 8.04. The molecule has 1 aromatic rings. The zero-order valence-corrected chi connectivity index (χ0v) is 12.9. The lowest BCUT2D eigenvalue weighted by Crippen LogP contribution is -2.15. The molecule has 0 saturated heterocycles. The Bertz CT molecular complexity index is 493. The van der Waals surface area contributed by atoms with Gasteiger partial charge in [0, 0.05) is 10.0 Å². The van der Waals surface area contributed by atoms with Crippen molar-refractivity contribution < 1.29 is 9.50 Å². The molecule has 2 aliphatic rings. The normalized spacial score (nSPS) is 30.8. The van der Waals surface area contributed by atoms with Gasteiger partial charge in [-0.1, -0.05) is 18.0 Å². The Morgan fingerprint density at radius 3 is 2.79 bits per heavy atom. The molecular weight excluding hydrogens is 331 g/mol. The average molecular weight is 348 g/mol. The largest absolute Gasteiger partial charge is 0.388 e. The van der Waals surface area contributed by atoms with Crippen LogP contribution in [0.15, 0.2) is 16.6 Å². The van der Waals surface area contributed by atoms with Crippen molar-refractivity contribution in [3.8, 4) is 0 Å². The zero-order chi connectivity index (χ0) is 13.6. The van der Waals surface area contributed by atoms with Gasteiger partial charge < -0.3 is 5.11 Å². The van der Waals surface area contributed by atoms with Crippen molar-refractivity contribution in [2.45, 2.75) is 38.2 Å². The van der Waals surface area contributed by atoms with Gasteiger partial charge in [0.05, 0.1) is 11.1 Å². The number of hydrogen-bond donors (Lipinski definition) is 1. The Morgan fingerprint density at radius 1 is 1.37 bits per heavy atom. The fraction of sp³-hybridized carbons (Fsp3) is 0.600. The summed E-state index contributed by atoms with van der Waals surface area (Å²) in [4.78, 5) is 0. The smallest absolute Gasteiger partial charge is 0.130 e. The maximum atomic E-state index is 13.9. The van der Waals surface area contributed by atoms with E-state index < -0.39 is 6.10 Å². The van der Waals surface area contributed by atoms with Crippen LogP contribution in [0.25, 0.3) is 0 Å². The molecule has 2 bridgehead atoms. The number of aliphatic hydroxyl groups is 1. The molecule has 0 amide bonds. The molecule has 3 rings (SSSR count). The lowest BCUT2D eigenvalue weighted by Gasteiger charge is -2.24. The third-order valence-electron chi connectivity index (χ3n) is 4.81. The topological polar surface area (TPSA) is 20.2 Å². The molecule has 2 fully saturated rings. The number of fused-ring (bicyclic) bond motifs is 2. The van der Waals surface area contributed by atoms with Crippen LogP contribution in [0.2, 0.25) is 5.02 Å². The first kappa shape index (κ1) is 13.8. The first-order chi connectivity index (χ1) is 9.04. The van der Waals surface area contributed by atoms with Gasteiger partial charge in [-0.25, -0.2) is 4.39 Å². The second-order valence-electron chi connectivity index (χ2n) is 5.97. The van der Waals surface area contributed by atoms with E-state index in [2.05, 4.69) is 15.9 Å².